The molecule has 2 rings (SSSR count). The van der Waals surface area contributed by atoms with Gasteiger partial charge in [0, 0.05) is 13.0 Å². The number of aryl methyl sites for hydroxylation is 1. The highest BCUT2D eigenvalue weighted by Crippen LogP contribution is 2.26. The van der Waals surface area contributed by atoms with Crippen molar-refractivity contribution < 1.29 is 19.8 Å². The summed E-state index contributed by atoms with van der Waals surface area (Å²) in [5.74, 6) is -2.14. The number of carboxylic acids is 2. The van der Waals surface area contributed by atoms with Gasteiger partial charge in [0.05, 0.1) is 0 Å². The van der Waals surface area contributed by atoms with E-state index in [1.54, 1.807) is 4.90 Å². The van der Waals surface area contributed by atoms with Crippen molar-refractivity contribution in [2.75, 3.05) is 13.1 Å². The number of nitrogens with zero attached hydrogens (tertiary/aromatic N) is 1. The summed E-state index contributed by atoms with van der Waals surface area (Å²) in [6.07, 6.45) is 2.63. The third kappa shape index (κ3) is 3.84. The van der Waals surface area contributed by atoms with Crippen molar-refractivity contribution in [3.05, 3.63) is 35.9 Å². The lowest BCUT2D eigenvalue weighted by atomic mass is 9.98. The number of likely N-dealkylation sites (tertiary alicyclic amines) is 1. The van der Waals surface area contributed by atoms with Crippen LogP contribution in [0.15, 0.2) is 30.3 Å². The average Bonchev–Trinajstić information content (AvgIpc) is 2.84. The highest BCUT2D eigenvalue weighted by Gasteiger charge is 2.49. The molecule has 0 amide bonds. The van der Waals surface area contributed by atoms with Crippen LogP contribution in [0.5, 0.6) is 0 Å². The highest BCUT2D eigenvalue weighted by atomic mass is 16.4. The molecule has 6 heteroatoms. The fourth-order valence-electron chi connectivity index (χ4n) is 2.93. The van der Waals surface area contributed by atoms with E-state index in [4.69, 9.17) is 10.8 Å². The maximum absolute atomic E-state index is 11.3. The molecule has 0 saturated carbocycles. The number of aliphatic carboxylic acids is 2. The van der Waals surface area contributed by atoms with Gasteiger partial charge in [0.1, 0.15) is 11.6 Å². The molecule has 120 valence electrons. The number of benzene rings is 1. The molecule has 0 aliphatic carbocycles. The van der Waals surface area contributed by atoms with Gasteiger partial charge in [-0.25, -0.2) is 0 Å². The second-order valence-corrected chi connectivity index (χ2v) is 5.93. The molecule has 1 aliphatic rings. The zero-order valence-corrected chi connectivity index (χ0v) is 12.4. The van der Waals surface area contributed by atoms with E-state index in [1.165, 1.54) is 5.56 Å². The number of unbranched alkanes of at least 4 members (excludes halogenated alkanes) is 1. The van der Waals surface area contributed by atoms with Crippen molar-refractivity contribution in [1.29, 1.82) is 0 Å². The topological polar surface area (TPSA) is 104 Å². The maximum atomic E-state index is 11.3. The zero-order chi connectivity index (χ0) is 16.2. The quantitative estimate of drug-likeness (QED) is 0.648. The Morgan fingerprint density at radius 2 is 1.91 bits per heavy atom. The summed E-state index contributed by atoms with van der Waals surface area (Å²) in [6.45, 7) is 0.640. The van der Waals surface area contributed by atoms with Crippen molar-refractivity contribution in [1.82, 2.24) is 4.90 Å². The molecule has 1 heterocycles. The Kier molecular flexibility index (Phi) is 5.15. The molecule has 6 nitrogen and oxygen atoms in total. The lowest BCUT2D eigenvalue weighted by molar-refractivity contribution is -0.142. The number of hydrogen-bond donors (Lipinski definition) is 3. The molecule has 1 fully saturated rings. The Hall–Kier alpha value is -1.92. The summed E-state index contributed by atoms with van der Waals surface area (Å²) in [5, 5.41) is 18.4. The number of carboxylic acid groups (broad SMARTS) is 2. The molecule has 0 radical (unpaired) electrons. The van der Waals surface area contributed by atoms with Crippen molar-refractivity contribution in [2.24, 2.45) is 5.73 Å². The third-order valence-electron chi connectivity index (χ3n) is 4.20. The first-order valence-corrected chi connectivity index (χ1v) is 7.45. The highest BCUT2D eigenvalue weighted by molar-refractivity contribution is 5.83. The third-order valence-corrected chi connectivity index (χ3v) is 4.20. The summed E-state index contributed by atoms with van der Waals surface area (Å²) in [4.78, 5) is 24.2. The molecule has 2 atom stereocenters. The van der Waals surface area contributed by atoms with Gasteiger partial charge in [-0.05, 0) is 31.4 Å². The van der Waals surface area contributed by atoms with Crippen LogP contribution in [0.25, 0.3) is 0 Å². The molecule has 0 spiro atoms. The van der Waals surface area contributed by atoms with Crippen LogP contribution in [0.3, 0.4) is 0 Å². The van der Waals surface area contributed by atoms with Gasteiger partial charge in [0.25, 0.3) is 0 Å². The van der Waals surface area contributed by atoms with Crippen LogP contribution in [-0.4, -0.2) is 51.7 Å². The van der Waals surface area contributed by atoms with Gasteiger partial charge in [0.15, 0.2) is 0 Å². The lowest BCUT2D eigenvalue weighted by Gasteiger charge is -2.21. The SMILES string of the molecule is NC1(C(=O)O)CC(C(=O)O)N(CCCCc2ccccc2)C1. The second-order valence-electron chi connectivity index (χ2n) is 5.93. The molecule has 22 heavy (non-hydrogen) atoms. The fourth-order valence-corrected chi connectivity index (χ4v) is 2.93. The fraction of sp³-hybridized carbons (Fsp3) is 0.500. The van der Waals surface area contributed by atoms with E-state index in [1.807, 2.05) is 18.2 Å². The van der Waals surface area contributed by atoms with Gasteiger partial charge < -0.3 is 15.9 Å². The minimum absolute atomic E-state index is 0.0453. The van der Waals surface area contributed by atoms with Crippen molar-refractivity contribution >= 4 is 11.9 Å². The van der Waals surface area contributed by atoms with Crippen LogP contribution in [0.2, 0.25) is 0 Å². The van der Waals surface area contributed by atoms with Crippen LogP contribution >= 0.6 is 0 Å². The Morgan fingerprint density at radius 1 is 1.23 bits per heavy atom. The number of nitrogens with two attached hydrogens (primary N) is 1. The molecule has 4 N–H and O–H groups in total. The molecule has 1 aliphatic heterocycles. The van der Waals surface area contributed by atoms with Crippen LogP contribution in [0.4, 0.5) is 0 Å². The lowest BCUT2D eigenvalue weighted by Crippen LogP contribution is -2.50. The summed E-state index contributed by atoms with van der Waals surface area (Å²) >= 11 is 0. The van der Waals surface area contributed by atoms with Gasteiger partial charge in [-0.1, -0.05) is 30.3 Å². The van der Waals surface area contributed by atoms with Crippen LogP contribution < -0.4 is 5.73 Å². The van der Waals surface area contributed by atoms with Crippen LogP contribution in [-0.2, 0) is 16.0 Å². The Bertz CT molecular complexity index is 534. The molecule has 1 saturated heterocycles. The van der Waals surface area contributed by atoms with E-state index < -0.39 is 23.5 Å². The van der Waals surface area contributed by atoms with E-state index in [0.717, 1.165) is 19.3 Å². The normalized spacial score (nSPS) is 25.2. The smallest absolute Gasteiger partial charge is 0.325 e. The summed E-state index contributed by atoms with van der Waals surface area (Å²) < 4.78 is 0. The predicted octanol–water partition coefficient (Wildman–Crippen LogP) is 0.950. The second kappa shape index (κ2) is 6.89. The van der Waals surface area contributed by atoms with Crippen LogP contribution in [0, 0.1) is 0 Å². The largest absolute Gasteiger partial charge is 0.480 e. The summed E-state index contributed by atoms with van der Waals surface area (Å²) in [5.41, 5.74) is 5.60. The molecule has 0 bridgehead atoms. The Balaban J connectivity index is 1.85. The minimum Gasteiger partial charge on any atom is -0.480 e. The number of carbonyl (C=O) groups is 2. The molecular weight excluding hydrogens is 284 g/mol. The molecule has 1 aromatic rings. The average molecular weight is 306 g/mol. The standard InChI is InChI=1S/C16H22N2O4/c17-16(15(21)22)10-13(14(19)20)18(11-16)9-5-4-8-12-6-2-1-3-7-12/h1-3,6-7,13H,4-5,8-11,17H2,(H,19,20)(H,21,22). The van der Waals surface area contributed by atoms with Crippen molar-refractivity contribution in [3.8, 4) is 0 Å². The Labute approximate surface area is 129 Å². The van der Waals surface area contributed by atoms with Crippen LogP contribution in [0.1, 0.15) is 24.8 Å². The van der Waals surface area contributed by atoms with Crippen molar-refractivity contribution in [3.63, 3.8) is 0 Å². The van der Waals surface area contributed by atoms with E-state index in [2.05, 4.69) is 12.1 Å². The summed E-state index contributed by atoms with van der Waals surface area (Å²) in [6, 6.07) is 9.27. The minimum atomic E-state index is -1.46. The molecule has 1 aromatic carbocycles. The Morgan fingerprint density at radius 3 is 2.50 bits per heavy atom. The zero-order valence-electron chi connectivity index (χ0n) is 12.4. The monoisotopic (exact) mass is 306 g/mol. The van der Waals surface area contributed by atoms with Gasteiger partial charge in [0.2, 0.25) is 0 Å². The first kappa shape index (κ1) is 16.5. The van der Waals surface area contributed by atoms with Gasteiger partial charge in [-0.15, -0.1) is 0 Å². The molecular formula is C16H22N2O4. The van der Waals surface area contributed by atoms with E-state index in [-0.39, 0.29) is 13.0 Å². The number of hydrogen-bond acceptors (Lipinski definition) is 4. The van der Waals surface area contributed by atoms with E-state index in [0.29, 0.717) is 6.54 Å². The van der Waals surface area contributed by atoms with E-state index in [9.17, 15) is 14.7 Å². The first-order chi connectivity index (χ1) is 10.4. The van der Waals surface area contributed by atoms with Gasteiger partial charge in [-0.2, -0.15) is 0 Å². The van der Waals surface area contributed by atoms with Gasteiger partial charge >= 0.3 is 11.9 Å². The van der Waals surface area contributed by atoms with Gasteiger partial charge in [-0.3, -0.25) is 14.5 Å². The molecule has 2 unspecified atom stereocenters. The predicted molar refractivity (Wildman–Crippen MR) is 81.5 cm³/mol. The van der Waals surface area contributed by atoms with E-state index >= 15 is 0 Å². The maximum Gasteiger partial charge on any atom is 0.325 e. The number of rotatable bonds is 7. The summed E-state index contributed by atoms with van der Waals surface area (Å²) in [7, 11) is 0. The van der Waals surface area contributed by atoms with Crippen molar-refractivity contribution in [2.45, 2.75) is 37.3 Å². The first-order valence-electron chi connectivity index (χ1n) is 7.45. The molecule has 0 aromatic heterocycles.